The number of benzene rings is 1. The number of hydrogen-bond acceptors (Lipinski definition) is 5. The van der Waals surface area contributed by atoms with Crippen LogP contribution in [0, 0.1) is 5.82 Å². The molecule has 24 heavy (non-hydrogen) atoms. The van der Waals surface area contributed by atoms with Crippen LogP contribution in [0.25, 0.3) is 5.78 Å². The van der Waals surface area contributed by atoms with Gasteiger partial charge in [0.15, 0.2) is 0 Å². The molecule has 0 spiro atoms. The maximum absolute atomic E-state index is 13.3. The summed E-state index contributed by atoms with van der Waals surface area (Å²) in [5.41, 5.74) is 0.942. The summed E-state index contributed by atoms with van der Waals surface area (Å²) in [6.07, 6.45) is 2.99. The van der Waals surface area contributed by atoms with Crippen molar-refractivity contribution in [2.24, 2.45) is 0 Å². The average molecular weight is 329 g/mol. The minimum atomic E-state index is -0.304. The molecule has 0 amide bonds. The van der Waals surface area contributed by atoms with Crippen LogP contribution in [0.15, 0.2) is 36.7 Å². The summed E-state index contributed by atoms with van der Waals surface area (Å²) >= 11 is 0. The predicted molar refractivity (Wildman–Crippen MR) is 89.8 cm³/mol. The summed E-state index contributed by atoms with van der Waals surface area (Å²) in [7, 11) is 0. The van der Waals surface area contributed by atoms with Gasteiger partial charge in [0.1, 0.15) is 29.8 Å². The van der Waals surface area contributed by atoms with Crippen LogP contribution in [0.3, 0.4) is 0 Å². The Balaban J connectivity index is 1.72. The third-order valence-electron chi connectivity index (χ3n) is 3.73. The number of ether oxygens (including phenoxy) is 1. The smallest absolute Gasteiger partial charge is 0.254 e. The van der Waals surface area contributed by atoms with Crippen molar-refractivity contribution in [1.82, 2.24) is 19.6 Å². The molecule has 7 heteroatoms. The lowest BCUT2D eigenvalue weighted by Crippen LogP contribution is -2.26. The van der Waals surface area contributed by atoms with Crippen molar-refractivity contribution in [3.05, 3.63) is 48.2 Å². The van der Waals surface area contributed by atoms with Crippen molar-refractivity contribution in [2.75, 3.05) is 11.9 Å². The standard InChI is InChI=1S/C17H20FN5O/c1-3-13-9-16(23-17(22-13)20-11-21-23)19-10-14(4-2)24-15-7-5-6-12(18)8-15/h5-9,11,14,19H,3-4,10H2,1-2H3. The molecule has 126 valence electrons. The summed E-state index contributed by atoms with van der Waals surface area (Å²) in [6, 6.07) is 8.14. The SMILES string of the molecule is CCc1cc(NCC(CC)Oc2cccc(F)c2)n2ncnc2n1. The Bertz CT molecular complexity index is 820. The van der Waals surface area contributed by atoms with E-state index >= 15 is 0 Å². The maximum atomic E-state index is 13.3. The Morgan fingerprint density at radius 1 is 1.29 bits per heavy atom. The van der Waals surface area contributed by atoms with Gasteiger partial charge >= 0.3 is 0 Å². The van der Waals surface area contributed by atoms with Gasteiger partial charge in [0.2, 0.25) is 0 Å². The zero-order valence-electron chi connectivity index (χ0n) is 13.7. The number of aromatic nitrogens is 4. The molecular formula is C17H20FN5O. The Kier molecular flexibility index (Phi) is 4.88. The molecule has 3 aromatic rings. The molecule has 0 aliphatic heterocycles. The molecule has 1 unspecified atom stereocenters. The van der Waals surface area contributed by atoms with Crippen molar-refractivity contribution in [1.29, 1.82) is 0 Å². The molecule has 2 heterocycles. The van der Waals surface area contributed by atoms with Crippen molar-refractivity contribution in [3.8, 4) is 5.75 Å². The fourth-order valence-electron chi connectivity index (χ4n) is 2.39. The van der Waals surface area contributed by atoms with Gasteiger partial charge in [-0.15, -0.1) is 0 Å². The van der Waals surface area contributed by atoms with Gasteiger partial charge in [0.25, 0.3) is 5.78 Å². The summed E-state index contributed by atoms with van der Waals surface area (Å²) in [5.74, 6) is 1.60. The first-order chi connectivity index (χ1) is 11.7. The monoisotopic (exact) mass is 329 g/mol. The van der Waals surface area contributed by atoms with Gasteiger partial charge in [-0.05, 0) is 25.0 Å². The molecule has 6 nitrogen and oxygen atoms in total. The summed E-state index contributed by atoms with van der Waals surface area (Å²) in [4.78, 5) is 8.56. The zero-order valence-corrected chi connectivity index (χ0v) is 13.7. The summed E-state index contributed by atoms with van der Waals surface area (Å²) < 4.78 is 20.8. The van der Waals surface area contributed by atoms with Gasteiger partial charge in [-0.3, -0.25) is 0 Å². The molecule has 0 aliphatic carbocycles. The minimum Gasteiger partial charge on any atom is -0.489 e. The number of anilines is 1. The second-order valence-electron chi connectivity index (χ2n) is 5.44. The van der Waals surface area contributed by atoms with Crippen LogP contribution in [-0.4, -0.2) is 32.2 Å². The highest BCUT2D eigenvalue weighted by molar-refractivity contribution is 5.45. The number of nitrogens with zero attached hydrogens (tertiary/aromatic N) is 4. The quantitative estimate of drug-likeness (QED) is 0.721. The first-order valence-electron chi connectivity index (χ1n) is 8.05. The third-order valence-corrected chi connectivity index (χ3v) is 3.73. The van der Waals surface area contributed by atoms with E-state index in [1.54, 1.807) is 16.6 Å². The minimum absolute atomic E-state index is 0.0939. The molecule has 0 saturated carbocycles. The van der Waals surface area contributed by atoms with E-state index in [2.05, 4.69) is 20.4 Å². The Morgan fingerprint density at radius 3 is 2.92 bits per heavy atom. The Hall–Kier alpha value is -2.70. The summed E-state index contributed by atoms with van der Waals surface area (Å²) in [5, 5.41) is 7.52. The number of fused-ring (bicyclic) bond motifs is 1. The van der Waals surface area contributed by atoms with Crippen LogP contribution in [0.2, 0.25) is 0 Å². The molecule has 0 fully saturated rings. The van der Waals surface area contributed by atoms with E-state index in [-0.39, 0.29) is 11.9 Å². The molecule has 3 rings (SSSR count). The lowest BCUT2D eigenvalue weighted by molar-refractivity contribution is 0.209. The molecule has 0 aliphatic rings. The van der Waals surface area contributed by atoms with E-state index in [4.69, 9.17) is 4.74 Å². The normalized spacial score (nSPS) is 12.3. The number of hydrogen-bond donors (Lipinski definition) is 1. The number of nitrogens with one attached hydrogen (secondary N) is 1. The first-order valence-corrected chi connectivity index (χ1v) is 8.05. The topological polar surface area (TPSA) is 64.3 Å². The molecule has 2 aromatic heterocycles. The third kappa shape index (κ3) is 3.61. The molecule has 0 bridgehead atoms. The Morgan fingerprint density at radius 2 is 2.17 bits per heavy atom. The highest BCUT2D eigenvalue weighted by atomic mass is 19.1. The van der Waals surface area contributed by atoms with Gasteiger partial charge in [0.05, 0.1) is 6.54 Å². The van der Waals surface area contributed by atoms with Crippen LogP contribution >= 0.6 is 0 Å². The van der Waals surface area contributed by atoms with E-state index in [1.165, 1.54) is 18.5 Å². The molecule has 1 aromatic carbocycles. The zero-order chi connectivity index (χ0) is 16.9. The average Bonchev–Trinajstić information content (AvgIpc) is 3.06. The van der Waals surface area contributed by atoms with Crippen LogP contribution in [0.4, 0.5) is 10.2 Å². The summed E-state index contributed by atoms with van der Waals surface area (Å²) in [6.45, 7) is 4.64. The van der Waals surface area contributed by atoms with Crippen molar-refractivity contribution >= 4 is 11.6 Å². The molecule has 1 atom stereocenters. The number of halogens is 1. The maximum Gasteiger partial charge on any atom is 0.254 e. The van der Waals surface area contributed by atoms with E-state index in [1.807, 2.05) is 19.9 Å². The van der Waals surface area contributed by atoms with E-state index in [9.17, 15) is 4.39 Å². The second-order valence-corrected chi connectivity index (χ2v) is 5.44. The van der Waals surface area contributed by atoms with Gasteiger partial charge < -0.3 is 10.1 Å². The van der Waals surface area contributed by atoms with Crippen molar-refractivity contribution in [2.45, 2.75) is 32.8 Å². The predicted octanol–water partition coefficient (Wildman–Crippen LogP) is 3.10. The molecular weight excluding hydrogens is 309 g/mol. The van der Waals surface area contributed by atoms with Crippen molar-refractivity contribution < 1.29 is 9.13 Å². The number of aryl methyl sites for hydroxylation is 1. The van der Waals surface area contributed by atoms with Crippen molar-refractivity contribution in [3.63, 3.8) is 0 Å². The fourth-order valence-corrected chi connectivity index (χ4v) is 2.39. The van der Waals surface area contributed by atoms with Crippen LogP contribution in [0.1, 0.15) is 26.0 Å². The van der Waals surface area contributed by atoms with Gasteiger partial charge in [0, 0.05) is 17.8 Å². The first kappa shape index (κ1) is 16.2. The second kappa shape index (κ2) is 7.25. The highest BCUT2D eigenvalue weighted by Crippen LogP contribution is 2.16. The highest BCUT2D eigenvalue weighted by Gasteiger charge is 2.12. The van der Waals surface area contributed by atoms with Gasteiger partial charge in [-0.2, -0.15) is 14.6 Å². The molecule has 0 radical (unpaired) electrons. The Labute approximate surface area is 139 Å². The van der Waals surface area contributed by atoms with E-state index in [0.717, 1.165) is 24.4 Å². The van der Waals surface area contributed by atoms with E-state index < -0.39 is 0 Å². The molecule has 0 saturated heterocycles. The van der Waals surface area contributed by atoms with Gasteiger partial charge in [-0.1, -0.05) is 19.9 Å². The largest absolute Gasteiger partial charge is 0.489 e. The van der Waals surface area contributed by atoms with Gasteiger partial charge in [-0.25, -0.2) is 9.37 Å². The fraction of sp³-hybridized carbons (Fsp3) is 0.353. The lowest BCUT2D eigenvalue weighted by Gasteiger charge is -2.19. The number of rotatable bonds is 7. The van der Waals surface area contributed by atoms with Crippen LogP contribution < -0.4 is 10.1 Å². The molecule has 1 N–H and O–H groups in total. The van der Waals surface area contributed by atoms with E-state index in [0.29, 0.717) is 18.1 Å². The van der Waals surface area contributed by atoms with Crippen LogP contribution in [-0.2, 0) is 6.42 Å². The van der Waals surface area contributed by atoms with Crippen LogP contribution in [0.5, 0.6) is 5.75 Å². The lowest BCUT2D eigenvalue weighted by atomic mass is 10.2.